The average Bonchev–Trinajstić information content (AvgIpc) is 2.09. The van der Waals surface area contributed by atoms with E-state index >= 15 is 0 Å². The molecule has 0 spiro atoms. The minimum absolute atomic E-state index is 0.574. The van der Waals surface area contributed by atoms with Crippen LogP contribution in [0.5, 0.6) is 0 Å². The molecule has 0 fully saturated rings. The summed E-state index contributed by atoms with van der Waals surface area (Å²) < 4.78 is 0. The smallest absolute Gasteiger partial charge is 0.0413 e. The van der Waals surface area contributed by atoms with Crippen LogP contribution in [-0.4, -0.2) is 6.54 Å². The van der Waals surface area contributed by atoms with E-state index in [1.54, 1.807) is 12.1 Å². The molecule has 0 aliphatic carbocycles. The first-order valence-electron chi connectivity index (χ1n) is 4.08. The fourth-order valence-electron chi connectivity index (χ4n) is 1.14. The van der Waals surface area contributed by atoms with Crippen molar-refractivity contribution >= 4 is 22.9 Å². The summed E-state index contributed by atoms with van der Waals surface area (Å²) in [5.41, 5.74) is 13.7. The van der Waals surface area contributed by atoms with E-state index in [-0.39, 0.29) is 0 Å². The summed E-state index contributed by atoms with van der Waals surface area (Å²) in [7, 11) is 0. The lowest BCUT2D eigenvalue weighted by Gasteiger charge is -2.08. The maximum absolute atomic E-state index is 5.83. The molecule has 70 valence electrons. The molecule has 1 aromatic carbocycles. The number of anilines is 1. The lowest BCUT2D eigenvalue weighted by atomic mass is 10.0. The zero-order valence-corrected chi connectivity index (χ0v) is 8.14. The average molecular weight is 197 g/mol. The van der Waals surface area contributed by atoms with Crippen molar-refractivity contribution in [1.82, 2.24) is 0 Å². The molecule has 2 nitrogen and oxygen atoms in total. The van der Waals surface area contributed by atoms with E-state index in [1.165, 1.54) is 0 Å². The van der Waals surface area contributed by atoms with Gasteiger partial charge in [-0.3, -0.25) is 0 Å². The van der Waals surface area contributed by atoms with Crippen LogP contribution >= 0.6 is 11.6 Å². The van der Waals surface area contributed by atoms with Crippen molar-refractivity contribution in [3.8, 4) is 0 Å². The van der Waals surface area contributed by atoms with Crippen molar-refractivity contribution in [2.24, 2.45) is 5.73 Å². The topological polar surface area (TPSA) is 52.0 Å². The van der Waals surface area contributed by atoms with Gasteiger partial charge in [-0.05, 0) is 36.7 Å². The predicted molar refractivity (Wildman–Crippen MR) is 58.6 cm³/mol. The second-order valence-electron chi connectivity index (χ2n) is 2.87. The second kappa shape index (κ2) is 4.30. The molecule has 0 aliphatic rings. The van der Waals surface area contributed by atoms with E-state index in [0.29, 0.717) is 17.3 Å². The number of nitrogen functional groups attached to an aromatic ring is 1. The lowest BCUT2D eigenvalue weighted by Crippen LogP contribution is -2.01. The highest BCUT2D eigenvalue weighted by Gasteiger charge is 2.03. The summed E-state index contributed by atoms with van der Waals surface area (Å²) in [5.74, 6) is 0. The van der Waals surface area contributed by atoms with Gasteiger partial charge < -0.3 is 11.5 Å². The SMILES string of the molecule is C=C(CCN)c1cc(Cl)ccc1N. The van der Waals surface area contributed by atoms with Gasteiger partial charge in [0.05, 0.1) is 0 Å². The van der Waals surface area contributed by atoms with Crippen molar-refractivity contribution in [2.45, 2.75) is 6.42 Å². The first-order chi connectivity index (χ1) is 6.15. The molecular weight excluding hydrogens is 184 g/mol. The molecule has 0 heterocycles. The normalized spacial score (nSPS) is 10.0. The monoisotopic (exact) mass is 196 g/mol. The quantitative estimate of drug-likeness (QED) is 0.729. The summed E-state index contributed by atoms with van der Waals surface area (Å²) >= 11 is 5.83. The molecule has 3 heteroatoms. The molecule has 0 saturated carbocycles. The Labute approximate surface area is 83.2 Å². The summed E-state index contributed by atoms with van der Waals surface area (Å²) in [4.78, 5) is 0. The van der Waals surface area contributed by atoms with E-state index in [4.69, 9.17) is 23.1 Å². The number of benzene rings is 1. The van der Waals surface area contributed by atoms with E-state index in [0.717, 1.165) is 17.6 Å². The van der Waals surface area contributed by atoms with Crippen LogP contribution in [0.15, 0.2) is 24.8 Å². The molecule has 0 saturated heterocycles. The fraction of sp³-hybridized carbons (Fsp3) is 0.200. The Morgan fingerprint density at radius 2 is 2.15 bits per heavy atom. The summed E-state index contributed by atoms with van der Waals surface area (Å²) in [6, 6.07) is 5.35. The maximum atomic E-state index is 5.83. The molecule has 1 rings (SSSR count). The summed E-state index contributed by atoms with van der Waals surface area (Å²) in [5, 5.41) is 0.669. The number of halogens is 1. The molecule has 0 amide bonds. The Morgan fingerprint density at radius 1 is 1.46 bits per heavy atom. The fourth-order valence-corrected chi connectivity index (χ4v) is 1.32. The van der Waals surface area contributed by atoms with Gasteiger partial charge in [0.1, 0.15) is 0 Å². The Hall–Kier alpha value is -0.990. The van der Waals surface area contributed by atoms with Gasteiger partial charge in [0, 0.05) is 16.3 Å². The zero-order valence-electron chi connectivity index (χ0n) is 7.39. The third-order valence-corrected chi connectivity index (χ3v) is 2.08. The third-order valence-electron chi connectivity index (χ3n) is 1.84. The highest BCUT2D eigenvalue weighted by Crippen LogP contribution is 2.25. The molecule has 0 aliphatic heterocycles. The Balaban J connectivity index is 2.99. The third kappa shape index (κ3) is 2.47. The van der Waals surface area contributed by atoms with Crippen molar-refractivity contribution in [1.29, 1.82) is 0 Å². The number of hydrogen-bond acceptors (Lipinski definition) is 2. The standard InChI is InChI=1S/C10H13ClN2/c1-7(4-5-12)9-6-8(11)2-3-10(9)13/h2-3,6H,1,4-5,12-13H2. The minimum atomic E-state index is 0.574. The summed E-state index contributed by atoms with van der Waals surface area (Å²) in [6.07, 6.45) is 0.741. The number of nitrogens with two attached hydrogens (primary N) is 2. The van der Waals surface area contributed by atoms with Crippen molar-refractivity contribution in [3.63, 3.8) is 0 Å². The van der Waals surface area contributed by atoms with Gasteiger partial charge >= 0.3 is 0 Å². The molecule has 0 aromatic heterocycles. The molecule has 13 heavy (non-hydrogen) atoms. The molecular formula is C10H13ClN2. The zero-order chi connectivity index (χ0) is 9.84. The number of rotatable bonds is 3. The van der Waals surface area contributed by atoms with Crippen LogP contribution < -0.4 is 11.5 Å². The van der Waals surface area contributed by atoms with Crippen LogP contribution in [0.4, 0.5) is 5.69 Å². The largest absolute Gasteiger partial charge is 0.398 e. The van der Waals surface area contributed by atoms with E-state index in [1.807, 2.05) is 6.07 Å². The molecule has 4 N–H and O–H groups in total. The van der Waals surface area contributed by atoms with E-state index in [9.17, 15) is 0 Å². The van der Waals surface area contributed by atoms with Crippen molar-refractivity contribution in [2.75, 3.05) is 12.3 Å². The molecule has 1 aromatic rings. The van der Waals surface area contributed by atoms with Gasteiger partial charge in [0.25, 0.3) is 0 Å². The van der Waals surface area contributed by atoms with Gasteiger partial charge in [-0.15, -0.1) is 0 Å². The first-order valence-corrected chi connectivity index (χ1v) is 4.46. The Morgan fingerprint density at radius 3 is 2.77 bits per heavy atom. The van der Waals surface area contributed by atoms with Gasteiger partial charge in [-0.1, -0.05) is 18.2 Å². The van der Waals surface area contributed by atoms with Gasteiger partial charge in [-0.2, -0.15) is 0 Å². The van der Waals surface area contributed by atoms with Crippen LogP contribution in [0.25, 0.3) is 5.57 Å². The van der Waals surface area contributed by atoms with Crippen LogP contribution in [0, 0.1) is 0 Å². The van der Waals surface area contributed by atoms with E-state index in [2.05, 4.69) is 6.58 Å². The second-order valence-corrected chi connectivity index (χ2v) is 3.31. The minimum Gasteiger partial charge on any atom is -0.398 e. The maximum Gasteiger partial charge on any atom is 0.0413 e. The van der Waals surface area contributed by atoms with Crippen LogP contribution in [-0.2, 0) is 0 Å². The predicted octanol–water partition coefficient (Wildman–Crippen LogP) is 2.28. The van der Waals surface area contributed by atoms with E-state index < -0.39 is 0 Å². The van der Waals surface area contributed by atoms with Gasteiger partial charge in [0.2, 0.25) is 0 Å². The Kier molecular flexibility index (Phi) is 3.34. The lowest BCUT2D eigenvalue weighted by molar-refractivity contribution is 1.02. The highest BCUT2D eigenvalue weighted by molar-refractivity contribution is 6.30. The molecule has 0 unspecified atom stereocenters. The van der Waals surface area contributed by atoms with Gasteiger partial charge in [0.15, 0.2) is 0 Å². The van der Waals surface area contributed by atoms with Crippen molar-refractivity contribution < 1.29 is 0 Å². The Bertz CT molecular complexity index is 321. The first kappa shape index (κ1) is 10.1. The summed E-state index contributed by atoms with van der Waals surface area (Å²) in [6.45, 7) is 4.47. The van der Waals surface area contributed by atoms with Crippen molar-refractivity contribution in [3.05, 3.63) is 35.4 Å². The molecule has 0 bridgehead atoms. The number of hydrogen-bond donors (Lipinski definition) is 2. The molecule has 0 atom stereocenters. The molecule has 0 radical (unpaired) electrons. The highest BCUT2D eigenvalue weighted by atomic mass is 35.5. The van der Waals surface area contributed by atoms with Crippen LogP contribution in [0.2, 0.25) is 5.02 Å². The van der Waals surface area contributed by atoms with Gasteiger partial charge in [-0.25, -0.2) is 0 Å². The van der Waals surface area contributed by atoms with Crippen LogP contribution in [0.1, 0.15) is 12.0 Å². The van der Waals surface area contributed by atoms with Crippen LogP contribution in [0.3, 0.4) is 0 Å².